The first kappa shape index (κ1) is 22.8. The number of hydrogen-bond donors (Lipinski definition) is 2. The SMILES string of the molecule is C[C@@H](Nc1nccc(-c2cccc(-c3cc([C@]4(O)CCN(C)C4=O)on3)n2)n1)c1cn2ccccc2n1. The summed E-state index contributed by atoms with van der Waals surface area (Å²) in [5.74, 6) is 0.151. The standard InChI is InChI=1S/C26H24N8O3/c1-16(21-15-34-12-4-3-8-23(34)30-21)28-25-27-11-9-19(31-25)17-6-5-7-18(29-17)20-14-22(37-32-20)26(36)10-13-33(2)24(26)35/h3-9,11-12,14-16,36H,10,13H2,1-2H3,(H,27,28,31)/t16-,26-/m1/s1. The molecule has 0 spiro atoms. The van der Waals surface area contributed by atoms with E-state index in [2.05, 4.69) is 30.4 Å². The summed E-state index contributed by atoms with van der Waals surface area (Å²) in [6.07, 6.45) is 5.84. The average molecular weight is 497 g/mol. The Labute approximate surface area is 211 Å². The smallest absolute Gasteiger partial charge is 0.262 e. The van der Waals surface area contributed by atoms with Gasteiger partial charge in [-0.2, -0.15) is 0 Å². The summed E-state index contributed by atoms with van der Waals surface area (Å²) < 4.78 is 7.33. The quantitative estimate of drug-likeness (QED) is 0.364. The van der Waals surface area contributed by atoms with Crippen molar-refractivity contribution >= 4 is 17.5 Å². The van der Waals surface area contributed by atoms with E-state index in [-0.39, 0.29) is 18.2 Å². The number of anilines is 1. The topological polar surface area (TPSA) is 135 Å². The lowest BCUT2D eigenvalue weighted by Gasteiger charge is -2.16. The largest absolute Gasteiger partial charge is 0.373 e. The molecule has 1 saturated heterocycles. The van der Waals surface area contributed by atoms with Crippen LogP contribution in [0.5, 0.6) is 0 Å². The van der Waals surface area contributed by atoms with Crippen molar-refractivity contribution in [3.63, 3.8) is 0 Å². The third kappa shape index (κ3) is 4.08. The number of likely N-dealkylation sites (tertiary alicyclic amines) is 1. The molecule has 0 radical (unpaired) electrons. The number of likely N-dealkylation sites (N-methyl/N-ethyl adjacent to an activating group) is 1. The number of nitrogens with one attached hydrogen (secondary N) is 1. The van der Waals surface area contributed by atoms with Gasteiger partial charge in [-0.1, -0.05) is 17.3 Å². The highest BCUT2D eigenvalue weighted by Gasteiger charge is 2.48. The lowest BCUT2D eigenvalue weighted by Crippen LogP contribution is -2.35. The number of rotatable bonds is 6. The minimum Gasteiger partial charge on any atom is -0.373 e. The zero-order valence-corrected chi connectivity index (χ0v) is 20.2. The second-order valence-electron chi connectivity index (χ2n) is 9.08. The Morgan fingerprint density at radius 1 is 1.05 bits per heavy atom. The molecular formula is C26H24N8O3. The van der Waals surface area contributed by atoms with E-state index in [4.69, 9.17) is 4.52 Å². The maximum atomic E-state index is 12.4. The average Bonchev–Trinajstić information content (AvgIpc) is 3.65. The molecule has 0 unspecified atom stereocenters. The van der Waals surface area contributed by atoms with Gasteiger partial charge in [0.2, 0.25) is 11.5 Å². The van der Waals surface area contributed by atoms with E-state index in [9.17, 15) is 9.90 Å². The summed E-state index contributed by atoms with van der Waals surface area (Å²) in [7, 11) is 1.64. The molecule has 0 aromatic carbocycles. The molecule has 0 aliphatic carbocycles. The van der Waals surface area contributed by atoms with Crippen molar-refractivity contribution in [1.29, 1.82) is 0 Å². The molecule has 6 rings (SSSR count). The first-order chi connectivity index (χ1) is 17.9. The second kappa shape index (κ2) is 8.79. The van der Waals surface area contributed by atoms with Gasteiger partial charge in [0.1, 0.15) is 11.3 Å². The van der Waals surface area contributed by atoms with Crippen molar-refractivity contribution in [2.45, 2.75) is 25.0 Å². The van der Waals surface area contributed by atoms with Gasteiger partial charge in [-0.15, -0.1) is 0 Å². The van der Waals surface area contributed by atoms with E-state index >= 15 is 0 Å². The Bertz CT molecular complexity index is 1580. The summed E-state index contributed by atoms with van der Waals surface area (Å²) in [5.41, 5.74) is 2.22. The van der Waals surface area contributed by atoms with Crippen molar-refractivity contribution in [1.82, 2.24) is 34.4 Å². The van der Waals surface area contributed by atoms with Crippen molar-refractivity contribution in [2.75, 3.05) is 18.9 Å². The van der Waals surface area contributed by atoms with Crippen LogP contribution in [0.2, 0.25) is 0 Å². The molecule has 0 bridgehead atoms. The van der Waals surface area contributed by atoms with Crippen LogP contribution in [-0.4, -0.2) is 59.0 Å². The van der Waals surface area contributed by atoms with Crippen LogP contribution in [0.4, 0.5) is 5.95 Å². The van der Waals surface area contributed by atoms with Crippen LogP contribution >= 0.6 is 0 Å². The van der Waals surface area contributed by atoms with Crippen LogP contribution in [0, 0.1) is 0 Å². The number of aliphatic hydroxyl groups is 1. The maximum absolute atomic E-state index is 12.4. The number of aromatic nitrogens is 6. The van der Waals surface area contributed by atoms with Gasteiger partial charge >= 0.3 is 0 Å². The molecule has 0 saturated carbocycles. The maximum Gasteiger partial charge on any atom is 0.262 e. The summed E-state index contributed by atoms with van der Waals surface area (Å²) in [6, 6.07) is 14.5. The molecule has 1 aliphatic heterocycles. The van der Waals surface area contributed by atoms with Crippen LogP contribution in [0.3, 0.4) is 0 Å². The third-order valence-electron chi connectivity index (χ3n) is 6.53. The number of amides is 1. The van der Waals surface area contributed by atoms with Crippen molar-refractivity contribution < 1.29 is 14.4 Å². The molecule has 11 heteroatoms. The zero-order chi connectivity index (χ0) is 25.6. The van der Waals surface area contributed by atoms with E-state index in [1.54, 1.807) is 31.4 Å². The monoisotopic (exact) mass is 496 g/mol. The lowest BCUT2D eigenvalue weighted by molar-refractivity contribution is -0.144. The Balaban J connectivity index is 1.23. The molecule has 37 heavy (non-hydrogen) atoms. The predicted molar refractivity (Wildman–Crippen MR) is 134 cm³/mol. The molecule has 11 nitrogen and oxygen atoms in total. The van der Waals surface area contributed by atoms with Crippen LogP contribution < -0.4 is 5.32 Å². The van der Waals surface area contributed by atoms with Crippen LogP contribution in [0.1, 0.15) is 30.8 Å². The minimum absolute atomic E-state index is 0.110. The Morgan fingerprint density at radius 2 is 1.86 bits per heavy atom. The van der Waals surface area contributed by atoms with Crippen molar-refractivity contribution in [2.24, 2.45) is 0 Å². The van der Waals surface area contributed by atoms with E-state index in [1.165, 1.54) is 4.90 Å². The molecule has 1 amide bonds. The van der Waals surface area contributed by atoms with Crippen LogP contribution in [-0.2, 0) is 10.4 Å². The van der Waals surface area contributed by atoms with E-state index in [1.807, 2.05) is 54.0 Å². The van der Waals surface area contributed by atoms with E-state index in [0.29, 0.717) is 35.3 Å². The Kier molecular flexibility index (Phi) is 5.41. The first-order valence-electron chi connectivity index (χ1n) is 11.9. The van der Waals surface area contributed by atoms with Crippen LogP contribution in [0.25, 0.3) is 28.4 Å². The number of carbonyl (C=O) groups is 1. The number of nitrogens with zero attached hydrogens (tertiary/aromatic N) is 7. The van der Waals surface area contributed by atoms with Crippen molar-refractivity contribution in [3.05, 3.63) is 78.6 Å². The Morgan fingerprint density at radius 3 is 2.65 bits per heavy atom. The van der Waals surface area contributed by atoms with Gasteiger partial charge in [0.25, 0.3) is 5.91 Å². The molecule has 1 aliphatic rings. The van der Waals surface area contributed by atoms with Gasteiger partial charge in [0, 0.05) is 44.7 Å². The predicted octanol–water partition coefficient (Wildman–Crippen LogP) is 3.06. The fourth-order valence-electron chi connectivity index (χ4n) is 4.39. The van der Waals surface area contributed by atoms with Gasteiger partial charge in [-0.05, 0) is 37.3 Å². The highest BCUT2D eigenvalue weighted by atomic mass is 16.5. The molecular weight excluding hydrogens is 472 g/mol. The fourth-order valence-corrected chi connectivity index (χ4v) is 4.39. The summed E-state index contributed by atoms with van der Waals surface area (Å²) in [6.45, 7) is 2.44. The Hall–Kier alpha value is -4.64. The molecule has 186 valence electrons. The first-order valence-corrected chi connectivity index (χ1v) is 11.9. The van der Waals surface area contributed by atoms with E-state index < -0.39 is 11.5 Å². The number of imidazole rings is 1. The lowest BCUT2D eigenvalue weighted by atomic mass is 9.98. The van der Waals surface area contributed by atoms with Gasteiger partial charge in [0.15, 0.2) is 5.76 Å². The summed E-state index contributed by atoms with van der Waals surface area (Å²) in [5, 5.41) is 18.2. The highest BCUT2D eigenvalue weighted by Crippen LogP contribution is 2.34. The normalized spacial score (nSPS) is 18.5. The van der Waals surface area contributed by atoms with Crippen LogP contribution in [0.15, 0.2) is 71.6 Å². The van der Waals surface area contributed by atoms with Gasteiger partial charge < -0.3 is 24.2 Å². The molecule has 2 N–H and O–H groups in total. The molecule has 1 fully saturated rings. The zero-order valence-electron chi connectivity index (χ0n) is 20.2. The number of carbonyl (C=O) groups excluding carboxylic acids is 1. The third-order valence-corrected chi connectivity index (χ3v) is 6.53. The van der Waals surface area contributed by atoms with Gasteiger partial charge in [-0.3, -0.25) is 4.79 Å². The number of fused-ring (bicyclic) bond motifs is 1. The number of hydrogen-bond acceptors (Lipinski definition) is 9. The molecule has 2 atom stereocenters. The summed E-state index contributed by atoms with van der Waals surface area (Å²) >= 11 is 0. The van der Waals surface area contributed by atoms with E-state index in [0.717, 1.165) is 11.3 Å². The minimum atomic E-state index is -1.71. The highest BCUT2D eigenvalue weighted by molar-refractivity contribution is 5.87. The fraction of sp³-hybridized carbons (Fsp3) is 0.231. The van der Waals surface area contributed by atoms with Gasteiger partial charge in [-0.25, -0.2) is 19.9 Å². The van der Waals surface area contributed by atoms with Gasteiger partial charge in [0.05, 0.1) is 28.8 Å². The number of pyridine rings is 2. The molecule has 5 aromatic rings. The molecule has 6 heterocycles. The summed E-state index contributed by atoms with van der Waals surface area (Å²) in [4.78, 5) is 32.2. The second-order valence-corrected chi connectivity index (χ2v) is 9.08. The molecule has 5 aromatic heterocycles. The van der Waals surface area contributed by atoms with Crippen molar-refractivity contribution in [3.8, 4) is 22.8 Å².